The lowest BCUT2D eigenvalue weighted by Crippen LogP contribution is -1.88. The molecule has 0 saturated heterocycles. The number of rotatable bonds is 2. The van der Waals surface area contributed by atoms with Crippen molar-refractivity contribution < 1.29 is 0 Å². The van der Waals surface area contributed by atoms with Crippen LogP contribution in [0.2, 0.25) is 0 Å². The molecule has 0 aliphatic heterocycles. The Balaban J connectivity index is 2.87. The van der Waals surface area contributed by atoms with Crippen molar-refractivity contribution in [3.63, 3.8) is 0 Å². The first-order valence-electron chi connectivity index (χ1n) is 3.32. The molecule has 0 spiro atoms. The second-order valence-electron chi connectivity index (χ2n) is 2.35. The molecule has 1 rings (SSSR count). The summed E-state index contributed by atoms with van der Waals surface area (Å²) in [5.41, 5.74) is 3.66. The summed E-state index contributed by atoms with van der Waals surface area (Å²) in [5, 5.41) is 8.05. The Kier molecular flexibility index (Phi) is 2.49. The van der Waals surface area contributed by atoms with E-state index in [0.29, 0.717) is 0 Å². The van der Waals surface area contributed by atoms with Crippen LogP contribution in [0.5, 0.6) is 0 Å². The standard InChI is InChI=1S/C7H11BrN2/c1-5-7(3-4-8)6(2)10-9-5/h3-4H2,1-2H3,(H,9,10)/i1+1,2+1,3+1,4+1,5+1,6+1,7+1. The number of H-pyrrole nitrogens is 1. The van der Waals surface area contributed by atoms with Gasteiger partial charge in [0, 0.05) is 11.0 Å². The molecule has 2 nitrogen and oxygen atoms in total. The van der Waals surface area contributed by atoms with E-state index in [1.807, 2.05) is 6.92 Å². The predicted molar refractivity (Wildman–Crippen MR) is 45.6 cm³/mol. The zero-order chi connectivity index (χ0) is 7.56. The number of halogens is 1. The fraction of sp³-hybridized carbons (Fsp3) is 0.571. The molecule has 0 bridgehead atoms. The van der Waals surface area contributed by atoms with E-state index in [4.69, 9.17) is 0 Å². The number of nitrogens with one attached hydrogen (secondary N) is 1. The van der Waals surface area contributed by atoms with Crippen LogP contribution in [0.4, 0.5) is 0 Å². The van der Waals surface area contributed by atoms with Gasteiger partial charge in [0.15, 0.2) is 0 Å². The van der Waals surface area contributed by atoms with Crippen molar-refractivity contribution in [2.24, 2.45) is 0 Å². The summed E-state index contributed by atoms with van der Waals surface area (Å²) in [7, 11) is 0. The Hall–Kier alpha value is -0.310. The quantitative estimate of drug-likeness (QED) is 0.586. The maximum absolute atomic E-state index is 4.09. The van der Waals surface area contributed by atoms with Crippen LogP contribution in [0.1, 0.15) is 17.0 Å². The van der Waals surface area contributed by atoms with Crippen LogP contribution in [0.15, 0.2) is 0 Å². The SMILES string of the molecule is [13CH3][13c]1n[nH][13c]([13CH3])[13c]1[13CH2][13CH2]Br. The average molecular weight is 210 g/mol. The molecule has 0 saturated carbocycles. The van der Waals surface area contributed by atoms with E-state index in [1.54, 1.807) is 0 Å². The molecule has 0 aromatic carbocycles. The molecule has 0 atom stereocenters. The van der Waals surface area contributed by atoms with Crippen molar-refractivity contribution in [3.8, 4) is 0 Å². The van der Waals surface area contributed by atoms with Crippen LogP contribution in [0.3, 0.4) is 0 Å². The maximum atomic E-state index is 4.09. The van der Waals surface area contributed by atoms with Gasteiger partial charge in [-0.2, -0.15) is 5.10 Å². The van der Waals surface area contributed by atoms with E-state index in [0.717, 1.165) is 17.4 Å². The minimum Gasteiger partial charge on any atom is -0.282 e. The molecule has 1 aromatic heterocycles. The Bertz CT molecular complexity index is 198. The van der Waals surface area contributed by atoms with Crippen LogP contribution in [0, 0.1) is 13.8 Å². The van der Waals surface area contributed by atoms with Crippen LogP contribution >= 0.6 is 15.9 Å². The number of aryl methyl sites for hydroxylation is 2. The number of alkyl halides is 1. The lowest BCUT2D eigenvalue weighted by molar-refractivity contribution is 1.02. The predicted octanol–water partition coefficient (Wildman–Crippen LogP) is 1.96. The molecule has 0 fully saturated rings. The van der Waals surface area contributed by atoms with E-state index in [9.17, 15) is 0 Å². The highest BCUT2D eigenvalue weighted by Crippen LogP contribution is 2.10. The summed E-state index contributed by atoms with van der Waals surface area (Å²) in [4.78, 5) is 0. The van der Waals surface area contributed by atoms with Crippen molar-refractivity contribution >= 4 is 15.9 Å². The third-order valence-corrected chi connectivity index (χ3v) is 2.02. The van der Waals surface area contributed by atoms with Crippen LogP contribution in [0.25, 0.3) is 0 Å². The maximum Gasteiger partial charge on any atom is 0.0626 e. The van der Waals surface area contributed by atoms with E-state index >= 15 is 0 Å². The first-order chi connectivity index (χ1) is 4.75. The molecule has 0 amide bonds. The fourth-order valence-electron chi connectivity index (χ4n) is 1.04. The van der Waals surface area contributed by atoms with E-state index in [-0.39, 0.29) is 0 Å². The van der Waals surface area contributed by atoms with Gasteiger partial charge in [0.2, 0.25) is 0 Å². The Morgan fingerprint density at radius 3 is 2.60 bits per heavy atom. The van der Waals surface area contributed by atoms with Gasteiger partial charge >= 0.3 is 0 Å². The first kappa shape index (κ1) is 7.79. The van der Waals surface area contributed by atoms with Gasteiger partial charge < -0.3 is 0 Å². The van der Waals surface area contributed by atoms with Gasteiger partial charge in [-0.15, -0.1) is 0 Å². The van der Waals surface area contributed by atoms with Crippen molar-refractivity contribution in [1.29, 1.82) is 0 Å². The number of aromatic amines is 1. The number of aromatic nitrogens is 2. The molecule has 56 valence electrons. The monoisotopic (exact) mass is 209 g/mol. The molecule has 10 heavy (non-hydrogen) atoms. The topological polar surface area (TPSA) is 28.7 Å². The molecule has 1 heterocycles. The van der Waals surface area contributed by atoms with Gasteiger partial charge in [-0.1, -0.05) is 15.9 Å². The summed E-state index contributed by atoms with van der Waals surface area (Å²) in [6.45, 7) is 4.08. The lowest BCUT2D eigenvalue weighted by atomic mass is 11.1. The molecule has 1 N–H and O–H groups in total. The average Bonchev–Trinajstić information content (AvgIpc) is 2.20. The summed E-state index contributed by atoms with van der Waals surface area (Å²) in [5.74, 6) is 0. The van der Waals surface area contributed by atoms with E-state index in [1.165, 1.54) is 11.3 Å². The van der Waals surface area contributed by atoms with Crippen molar-refractivity contribution in [2.75, 3.05) is 5.33 Å². The summed E-state index contributed by atoms with van der Waals surface area (Å²) in [6.07, 6.45) is 1.06. The second-order valence-corrected chi connectivity index (χ2v) is 3.14. The van der Waals surface area contributed by atoms with E-state index < -0.39 is 0 Å². The molecule has 0 aliphatic carbocycles. The highest BCUT2D eigenvalue weighted by molar-refractivity contribution is 9.09. The molecule has 0 radical (unpaired) electrons. The zero-order valence-corrected chi connectivity index (χ0v) is 7.83. The summed E-state index contributed by atoms with van der Waals surface area (Å²) < 4.78 is 0. The Morgan fingerprint density at radius 1 is 1.50 bits per heavy atom. The lowest BCUT2D eigenvalue weighted by Gasteiger charge is -1.94. The van der Waals surface area contributed by atoms with Crippen molar-refractivity contribution in [2.45, 2.75) is 20.3 Å². The fourth-order valence-corrected chi connectivity index (χ4v) is 1.43. The Labute approximate surface area is 69.2 Å². The van der Waals surface area contributed by atoms with Gasteiger partial charge in [0.05, 0.1) is 5.69 Å². The van der Waals surface area contributed by atoms with Crippen LogP contribution < -0.4 is 0 Å². The van der Waals surface area contributed by atoms with Gasteiger partial charge in [0.25, 0.3) is 0 Å². The van der Waals surface area contributed by atoms with E-state index in [2.05, 4.69) is 33.1 Å². The first-order valence-corrected chi connectivity index (χ1v) is 4.44. The van der Waals surface area contributed by atoms with Gasteiger partial charge in [-0.3, -0.25) is 5.10 Å². The highest BCUT2D eigenvalue weighted by atomic mass is 79.9. The minimum atomic E-state index is 1.01. The van der Waals surface area contributed by atoms with Gasteiger partial charge in [-0.25, -0.2) is 0 Å². The normalized spacial score (nSPS) is 10.3. The molecular weight excluding hydrogens is 199 g/mol. The van der Waals surface area contributed by atoms with Gasteiger partial charge in [0.1, 0.15) is 0 Å². The minimum absolute atomic E-state index is 1.01. The molecule has 3 heteroatoms. The van der Waals surface area contributed by atoms with Gasteiger partial charge in [-0.05, 0) is 25.8 Å². The Morgan fingerprint density at radius 2 is 2.20 bits per heavy atom. The summed E-state index contributed by atoms with van der Waals surface area (Å²) >= 11 is 3.40. The van der Waals surface area contributed by atoms with Crippen LogP contribution in [-0.2, 0) is 6.42 Å². The molecule has 1 aromatic rings. The molecule has 0 aliphatic rings. The largest absolute Gasteiger partial charge is 0.282 e. The number of hydrogen-bond donors (Lipinski definition) is 1. The highest BCUT2D eigenvalue weighted by Gasteiger charge is 2.03. The van der Waals surface area contributed by atoms with Crippen molar-refractivity contribution in [1.82, 2.24) is 10.2 Å². The smallest absolute Gasteiger partial charge is 0.0626 e. The second kappa shape index (κ2) is 3.19. The van der Waals surface area contributed by atoms with Crippen LogP contribution in [-0.4, -0.2) is 15.5 Å². The molecule has 0 unspecified atom stereocenters. The van der Waals surface area contributed by atoms with Crippen molar-refractivity contribution in [3.05, 3.63) is 17.0 Å². The number of hydrogen-bond acceptors (Lipinski definition) is 1. The zero-order valence-electron chi connectivity index (χ0n) is 6.24. The molecular formula is C7H11BrN2. The third-order valence-electron chi connectivity index (χ3n) is 1.63. The number of nitrogens with zero attached hydrogens (tertiary/aromatic N) is 1. The summed E-state index contributed by atoms with van der Waals surface area (Å²) in [6, 6.07) is 0. The third kappa shape index (κ3) is 1.40.